The van der Waals surface area contributed by atoms with Crippen LogP contribution in [0, 0.1) is 5.92 Å². The van der Waals surface area contributed by atoms with Gasteiger partial charge in [-0.3, -0.25) is 0 Å². The molecule has 5 nitrogen and oxygen atoms in total. The zero-order valence-corrected chi connectivity index (χ0v) is 11.3. The second-order valence-corrected chi connectivity index (χ2v) is 6.65. The summed E-state index contributed by atoms with van der Waals surface area (Å²) in [5.41, 5.74) is -1.01. The Balaban J connectivity index is 4.12. The Morgan fingerprint density at radius 3 is 2.44 bits per heavy atom. The van der Waals surface area contributed by atoms with Crippen LogP contribution in [0.3, 0.4) is 0 Å². The van der Waals surface area contributed by atoms with Crippen LogP contribution in [0.1, 0.15) is 27.2 Å². The number of nitrogens with one attached hydrogen (secondary N) is 1. The maximum atomic E-state index is 11.4. The number of rotatable bonds is 8. The van der Waals surface area contributed by atoms with Crippen LogP contribution >= 0.6 is 0 Å². The Labute approximate surface area is 98.2 Å². The summed E-state index contributed by atoms with van der Waals surface area (Å²) in [4.78, 5) is 0. The molecule has 1 unspecified atom stereocenters. The zero-order chi connectivity index (χ0) is 12.8. The minimum atomic E-state index is -3.35. The normalized spacial score (nSPS) is 16.4. The van der Waals surface area contributed by atoms with Crippen LogP contribution in [0.2, 0.25) is 0 Å². The van der Waals surface area contributed by atoms with Crippen LogP contribution < -0.4 is 4.72 Å². The molecule has 0 bridgehead atoms. The fourth-order valence-electron chi connectivity index (χ4n) is 1.48. The summed E-state index contributed by atoms with van der Waals surface area (Å²) >= 11 is 0. The van der Waals surface area contributed by atoms with Crippen molar-refractivity contribution in [1.29, 1.82) is 0 Å². The minimum absolute atomic E-state index is 0.0389. The first-order valence-corrected chi connectivity index (χ1v) is 7.02. The number of hydrogen-bond donors (Lipinski definition) is 2. The van der Waals surface area contributed by atoms with Crippen molar-refractivity contribution in [1.82, 2.24) is 4.72 Å². The van der Waals surface area contributed by atoms with Gasteiger partial charge in [0, 0.05) is 13.7 Å². The summed E-state index contributed by atoms with van der Waals surface area (Å²) in [6, 6.07) is 0. The van der Waals surface area contributed by atoms with E-state index in [1.165, 1.54) is 7.11 Å². The van der Waals surface area contributed by atoms with E-state index in [1.807, 2.05) is 13.8 Å². The van der Waals surface area contributed by atoms with Crippen molar-refractivity contribution < 1.29 is 18.3 Å². The molecule has 6 heteroatoms. The van der Waals surface area contributed by atoms with Crippen LogP contribution in [-0.4, -0.2) is 45.1 Å². The van der Waals surface area contributed by atoms with Gasteiger partial charge in [0.25, 0.3) is 0 Å². The SMILES string of the molecule is COCCS(=O)(=O)NCC(C)(O)CC(C)C. The fraction of sp³-hybridized carbons (Fsp3) is 1.00. The second kappa shape index (κ2) is 6.54. The van der Waals surface area contributed by atoms with Gasteiger partial charge in [0.2, 0.25) is 10.0 Å². The van der Waals surface area contributed by atoms with Gasteiger partial charge in [-0.15, -0.1) is 0 Å². The summed E-state index contributed by atoms with van der Waals surface area (Å²) in [5, 5.41) is 9.92. The molecule has 2 N–H and O–H groups in total. The predicted molar refractivity (Wildman–Crippen MR) is 63.7 cm³/mol. The highest BCUT2D eigenvalue weighted by atomic mass is 32.2. The Bertz CT molecular complexity index is 285. The average molecular weight is 253 g/mol. The molecule has 0 aromatic heterocycles. The highest BCUT2D eigenvalue weighted by molar-refractivity contribution is 7.89. The Morgan fingerprint density at radius 1 is 1.44 bits per heavy atom. The molecule has 0 aliphatic heterocycles. The molecule has 0 saturated carbocycles. The summed E-state index contributed by atoms with van der Waals surface area (Å²) in [6.45, 7) is 5.78. The molecule has 0 aliphatic carbocycles. The standard InChI is InChI=1S/C10H23NO4S/c1-9(2)7-10(3,12)8-11-16(13,14)6-5-15-4/h9,11-12H,5-8H2,1-4H3. The number of hydrogen-bond acceptors (Lipinski definition) is 4. The molecule has 0 aromatic rings. The maximum Gasteiger partial charge on any atom is 0.213 e. The third-order valence-electron chi connectivity index (χ3n) is 2.08. The molecular weight excluding hydrogens is 230 g/mol. The van der Waals surface area contributed by atoms with E-state index in [1.54, 1.807) is 6.92 Å². The molecule has 0 spiro atoms. The quantitative estimate of drug-likeness (QED) is 0.654. The van der Waals surface area contributed by atoms with Crippen LogP contribution in [0.4, 0.5) is 0 Å². The summed E-state index contributed by atoms with van der Waals surface area (Å²) < 4.78 is 29.9. The van der Waals surface area contributed by atoms with E-state index < -0.39 is 15.6 Å². The van der Waals surface area contributed by atoms with E-state index in [4.69, 9.17) is 4.74 Å². The summed E-state index contributed by atoms with van der Waals surface area (Å²) in [7, 11) is -1.90. The molecule has 98 valence electrons. The Hall–Kier alpha value is -0.170. The topological polar surface area (TPSA) is 75.6 Å². The minimum Gasteiger partial charge on any atom is -0.389 e. The highest BCUT2D eigenvalue weighted by Crippen LogP contribution is 2.15. The third kappa shape index (κ3) is 8.04. The van der Waals surface area contributed by atoms with Crippen molar-refractivity contribution in [3.05, 3.63) is 0 Å². The first-order valence-electron chi connectivity index (χ1n) is 5.37. The molecule has 1 atom stereocenters. The van der Waals surface area contributed by atoms with E-state index in [0.717, 1.165) is 0 Å². The van der Waals surface area contributed by atoms with Crippen molar-refractivity contribution in [2.45, 2.75) is 32.8 Å². The maximum absolute atomic E-state index is 11.4. The molecule has 0 heterocycles. The molecule has 0 aromatic carbocycles. The van der Waals surface area contributed by atoms with Gasteiger partial charge in [-0.2, -0.15) is 0 Å². The first-order chi connectivity index (χ1) is 7.18. The molecule has 0 amide bonds. The van der Waals surface area contributed by atoms with E-state index in [-0.39, 0.29) is 18.9 Å². The van der Waals surface area contributed by atoms with Crippen LogP contribution in [0.15, 0.2) is 0 Å². The number of sulfonamides is 1. The lowest BCUT2D eigenvalue weighted by molar-refractivity contribution is 0.0436. The van der Waals surface area contributed by atoms with Crippen molar-refractivity contribution in [3.63, 3.8) is 0 Å². The monoisotopic (exact) mass is 253 g/mol. The van der Waals surface area contributed by atoms with Crippen molar-refractivity contribution in [3.8, 4) is 0 Å². The van der Waals surface area contributed by atoms with Gasteiger partial charge in [-0.1, -0.05) is 13.8 Å². The Kier molecular flexibility index (Phi) is 6.47. The van der Waals surface area contributed by atoms with Gasteiger partial charge in [0.05, 0.1) is 18.0 Å². The number of aliphatic hydroxyl groups is 1. The summed E-state index contributed by atoms with van der Waals surface area (Å²) in [6.07, 6.45) is 0.555. The van der Waals surface area contributed by atoms with Crippen LogP contribution in [-0.2, 0) is 14.8 Å². The first kappa shape index (κ1) is 15.8. The van der Waals surface area contributed by atoms with Crippen molar-refractivity contribution >= 4 is 10.0 Å². The van der Waals surface area contributed by atoms with Crippen LogP contribution in [0.25, 0.3) is 0 Å². The molecular formula is C10H23NO4S. The smallest absolute Gasteiger partial charge is 0.213 e. The predicted octanol–water partition coefficient (Wildman–Crippen LogP) is 0.349. The molecule has 16 heavy (non-hydrogen) atoms. The number of ether oxygens (including phenoxy) is 1. The molecule has 0 radical (unpaired) electrons. The van der Waals surface area contributed by atoms with Crippen molar-refractivity contribution in [2.75, 3.05) is 26.0 Å². The lowest BCUT2D eigenvalue weighted by Crippen LogP contribution is -2.42. The van der Waals surface area contributed by atoms with Crippen LogP contribution in [0.5, 0.6) is 0 Å². The van der Waals surface area contributed by atoms with E-state index >= 15 is 0 Å². The molecule has 0 saturated heterocycles. The lowest BCUT2D eigenvalue weighted by atomic mass is 9.95. The largest absolute Gasteiger partial charge is 0.389 e. The van der Waals surface area contributed by atoms with Gasteiger partial charge in [-0.25, -0.2) is 13.1 Å². The van der Waals surface area contributed by atoms with E-state index in [0.29, 0.717) is 12.3 Å². The van der Waals surface area contributed by atoms with E-state index in [9.17, 15) is 13.5 Å². The van der Waals surface area contributed by atoms with E-state index in [2.05, 4.69) is 4.72 Å². The highest BCUT2D eigenvalue weighted by Gasteiger charge is 2.24. The van der Waals surface area contributed by atoms with Gasteiger partial charge < -0.3 is 9.84 Å². The Morgan fingerprint density at radius 2 is 2.00 bits per heavy atom. The molecule has 0 fully saturated rings. The van der Waals surface area contributed by atoms with Gasteiger partial charge in [-0.05, 0) is 19.3 Å². The third-order valence-corrected chi connectivity index (χ3v) is 3.37. The fourth-order valence-corrected chi connectivity index (χ4v) is 2.54. The summed E-state index contributed by atoms with van der Waals surface area (Å²) in [5.74, 6) is 0.236. The van der Waals surface area contributed by atoms with Gasteiger partial charge in [0.1, 0.15) is 0 Å². The number of methoxy groups -OCH3 is 1. The lowest BCUT2D eigenvalue weighted by Gasteiger charge is -2.25. The second-order valence-electron chi connectivity index (χ2n) is 4.73. The van der Waals surface area contributed by atoms with Gasteiger partial charge >= 0.3 is 0 Å². The average Bonchev–Trinajstić information content (AvgIpc) is 2.10. The zero-order valence-electron chi connectivity index (χ0n) is 10.5. The van der Waals surface area contributed by atoms with Crippen molar-refractivity contribution in [2.24, 2.45) is 5.92 Å². The molecule has 0 aliphatic rings. The van der Waals surface area contributed by atoms with Gasteiger partial charge in [0.15, 0.2) is 0 Å². The molecule has 0 rings (SSSR count).